The Bertz CT molecular complexity index is 1250. The van der Waals surface area contributed by atoms with Crippen LogP contribution in [0.3, 0.4) is 0 Å². The van der Waals surface area contributed by atoms with Gasteiger partial charge >= 0.3 is 5.97 Å². The summed E-state index contributed by atoms with van der Waals surface area (Å²) in [5.41, 5.74) is 2.90. The molecule has 1 heterocycles. The van der Waals surface area contributed by atoms with Crippen LogP contribution in [0.2, 0.25) is 5.02 Å². The van der Waals surface area contributed by atoms with E-state index in [4.69, 9.17) is 21.4 Å². The molecule has 5 rings (SSSR count). The summed E-state index contributed by atoms with van der Waals surface area (Å²) in [6, 6.07) is 19.1. The van der Waals surface area contributed by atoms with Crippen LogP contribution < -0.4 is 4.74 Å². The third-order valence-electron chi connectivity index (χ3n) is 6.60. The molecular weight excluding hydrogens is 457 g/mol. The Morgan fingerprint density at radius 3 is 2.62 bits per heavy atom. The van der Waals surface area contributed by atoms with Crippen molar-refractivity contribution in [3.63, 3.8) is 0 Å². The predicted octanol–water partition coefficient (Wildman–Crippen LogP) is 5.22. The molecule has 0 saturated heterocycles. The quantitative estimate of drug-likeness (QED) is 0.526. The number of ether oxygens (including phenoxy) is 1. The number of hydrogen-bond acceptors (Lipinski definition) is 3. The molecule has 174 valence electrons. The van der Waals surface area contributed by atoms with Crippen molar-refractivity contribution in [1.29, 1.82) is 0 Å². The van der Waals surface area contributed by atoms with E-state index < -0.39 is 18.6 Å². The zero-order valence-electron chi connectivity index (χ0n) is 18.3. The highest BCUT2D eigenvalue weighted by atomic mass is 35.5. The maximum atomic E-state index is 14.7. The van der Waals surface area contributed by atoms with Crippen molar-refractivity contribution >= 4 is 23.5 Å². The fourth-order valence-corrected chi connectivity index (χ4v) is 5.13. The number of amides is 1. The molecule has 1 aliphatic heterocycles. The highest BCUT2D eigenvalue weighted by Crippen LogP contribution is 2.51. The molecule has 3 atom stereocenters. The van der Waals surface area contributed by atoms with Gasteiger partial charge in [-0.15, -0.1) is 0 Å². The van der Waals surface area contributed by atoms with E-state index in [0.717, 1.165) is 12.0 Å². The number of nitrogens with zero attached hydrogens (tertiary/aromatic N) is 1. The number of fused-ring (bicyclic) bond motifs is 1. The summed E-state index contributed by atoms with van der Waals surface area (Å²) >= 11 is 6.31. The minimum absolute atomic E-state index is 0.00192. The van der Waals surface area contributed by atoms with Crippen LogP contribution in [0, 0.1) is 11.7 Å². The van der Waals surface area contributed by atoms with Crippen molar-refractivity contribution < 1.29 is 23.8 Å². The van der Waals surface area contributed by atoms with E-state index in [9.17, 15) is 14.0 Å². The second kappa shape index (κ2) is 9.11. The first-order valence-electron chi connectivity index (χ1n) is 11.2. The highest BCUT2D eigenvalue weighted by Gasteiger charge is 2.48. The van der Waals surface area contributed by atoms with Crippen LogP contribution in [0.15, 0.2) is 66.7 Å². The maximum Gasteiger partial charge on any atom is 0.341 e. The van der Waals surface area contributed by atoms with E-state index in [1.54, 1.807) is 29.2 Å². The number of carboxylic acid groups (broad SMARTS) is 1. The zero-order chi connectivity index (χ0) is 23.8. The second-order valence-electron chi connectivity index (χ2n) is 8.72. The largest absolute Gasteiger partial charge is 0.482 e. The molecule has 3 aromatic carbocycles. The molecule has 1 aliphatic carbocycles. The normalized spacial score (nSPS) is 21.0. The van der Waals surface area contributed by atoms with Crippen molar-refractivity contribution in [2.24, 2.45) is 5.92 Å². The molecule has 1 fully saturated rings. The lowest BCUT2D eigenvalue weighted by atomic mass is 9.87. The molecule has 0 bridgehead atoms. The van der Waals surface area contributed by atoms with E-state index in [-0.39, 0.29) is 23.6 Å². The fraction of sp³-hybridized carbons (Fsp3) is 0.259. The lowest BCUT2D eigenvalue weighted by Gasteiger charge is -2.38. The Morgan fingerprint density at radius 1 is 1.06 bits per heavy atom. The molecule has 1 saturated carbocycles. The highest BCUT2D eigenvalue weighted by molar-refractivity contribution is 6.30. The van der Waals surface area contributed by atoms with Gasteiger partial charge in [0.15, 0.2) is 6.61 Å². The summed E-state index contributed by atoms with van der Waals surface area (Å²) in [4.78, 5) is 26.7. The van der Waals surface area contributed by atoms with Crippen LogP contribution in [0.1, 0.15) is 40.6 Å². The van der Waals surface area contributed by atoms with E-state index in [2.05, 4.69) is 0 Å². The Labute approximate surface area is 201 Å². The van der Waals surface area contributed by atoms with Crippen LogP contribution in [0.5, 0.6) is 5.75 Å². The minimum atomic E-state index is -1.12. The number of benzene rings is 3. The molecule has 7 heteroatoms. The van der Waals surface area contributed by atoms with E-state index in [1.807, 2.05) is 36.4 Å². The molecule has 34 heavy (non-hydrogen) atoms. The smallest absolute Gasteiger partial charge is 0.341 e. The molecule has 1 unspecified atom stereocenters. The summed E-state index contributed by atoms with van der Waals surface area (Å²) < 4.78 is 20.3. The SMILES string of the molecule is O=C(O)COc1ccc(Cl)cc1C1c2cccc(F)c2CCN1C(=O)[C@@H]1C[C@H]1c1ccccc1. The molecule has 5 nitrogen and oxygen atoms in total. The predicted molar refractivity (Wildman–Crippen MR) is 126 cm³/mol. The van der Waals surface area contributed by atoms with Gasteiger partial charge in [-0.2, -0.15) is 0 Å². The number of aliphatic carboxylic acids is 1. The van der Waals surface area contributed by atoms with E-state index in [0.29, 0.717) is 40.4 Å². The number of carbonyl (C=O) groups excluding carboxylic acids is 1. The number of hydrogen-bond donors (Lipinski definition) is 1. The third kappa shape index (κ3) is 4.26. The van der Waals surface area contributed by atoms with Crippen LogP contribution in [-0.2, 0) is 16.0 Å². The van der Waals surface area contributed by atoms with Crippen molar-refractivity contribution in [1.82, 2.24) is 4.90 Å². The Morgan fingerprint density at radius 2 is 1.85 bits per heavy atom. The maximum absolute atomic E-state index is 14.7. The van der Waals surface area contributed by atoms with E-state index >= 15 is 0 Å². The summed E-state index contributed by atoms with van der Waals surface area (Å²) in [7, 11) is 0. The first kappa shape index (κ1) is 22.4. The van der Waals surface area contributed by atoms with Gasteiger partial charge < -0.3 is 14.7 Å². The second-order valence-corrected chi connectivity index (χ2v) is 9.15. The summed E-state index contributed by atoms with van der Waals surface area (Å²) in [6.07, 6.45) is 1.17. The number of halogens is 2. The van der Waals surface area contributed by atoms with Crippen LogP contribution >= 0.6 is 11.6 Å². The van der Waals surface area contributed by atoms with Gasteiger partial charge in [-0.1, -0.05) is 54.1 Å². The van der Waals surface area contributed by atoms with Gasteiger partial charge in [-0.05, 0) is 59.7 Å². The Hall–Kier alpha value is -3.38. The topological polar surface area (TPSA) is 66.8 Å². The van der Waals surface area contributed by atoms with E-state index in [1.165, 1.54) is 6.07 Å². The van der Waals surface area contributed by atoms with Gasteiger partial charge in [-0.25, -0.2) is 9.18 Å². The molecule has 0 radical (unpaired) electrons. The number of carbonyl (C=O) groups is 2. The van der Waals surface area contributed by atoms with Crippen molar-refractivity contribution in [3.8, 4) is 5.75 Å². The first-order valence-corrected chi connectivity index (χ1v) is 11.6. The average molecular weight is 480 g/mol. The summed E-state index contributed by atoms with van der Waals surface area (Å²) in [5, 5.41) is 9.54. The molecule has 1 N–H and O–H groups in total. The molecule has 3 aromatic rings. The van der Waals surface area contributed by atoms with Crippen molar-refractivity contribution in [2.75, 3.05) is 13.2 Å². The van der Waals surface area contributed by atoms with Crippen LogP contribution in [-0.4, -0.2) is 35.0 Å². The molecule has 1 amide bonds. The third-order valence-corrected chi connectivity index (χ3v) is 6.84. The van der Waals surface area contributed by atoms with Gasteiger partial charge in [0.25, 0.3) is 0 Å². The summed E-state index contributed by atoms with van der Waals surface area (Å²) in [6.45, 7) is -0.190. The lowest BCUT2D eigenvalue weighted by Crippen LogP contribution is -2.42. The molecule has 2 aliphatic rings. The zero-order valence-corrected chi connectivity index (χ0v) is 19.0. The lowest BCUT2D eigenvalue weighted by molar-refractivity contribution is -0.139. The Balaban J connectivity index is 1.55. The number of carboxylic acids is 1. The van der Waals surface area contributed by atoms with Crippen molar-refractivity contribution in [3.05, 3.63) is 99.8 Å². The first-order chi connectivity index (χ1) is 16.4. The average Bonchev–Trinajstić information content (AvgIpc) is 3.64. The van der Waals surface area contributed by atoms with Gasteiger partial charge in [0.2, 0.25) is 5.91 Å². The van der Waals surface area contributed by atoms with Gasteiger partial charge in [-0.3, -0.25) is 4.79 Å². The van der Waals surface area contributed by atoms with Crippen molar-refractivity contribution in [2.45, 2.75) is 24.8 Å². The fourth-order valence-electron chi connectivity index (χ4n) is 4.95. The monoisotopic (exact) mass is 479 g/mol. The molecule has 0 spiro atoms. The molecule has 0 aromatic heterocycles. The van der Waals surface area contributed by atoms with Gasteiger partial charge in [0, 0.05) is 23.0 Å². The number of rotatable bonds is 6. The molecular formula is C27H23ClFNO4. The summed E-state index contributed by atoms with van der Waals surface area (Å²) in [5.74, 6) is -1.13. The Kier molecular flexibility index (Phi) is 6.00. The standard InChI is InChI=1S/C27H23ClFNO4/c28-17-9-10-24(34-15-25(31)32)22(13-17)26-19-7-4-8-23(29)18(19)11-12-30(26)27(33)21-14-20(21)16-5-2-1-3-6-16/h1-10,13,20-21,26H,11-12,14-15H2,(H,31,32)/t20-,21+,26?/m0/s1. The van der Waals surface area contributed by atoms with Crippen LogP contribution in [0.4, 0.5) is 4.39 Å². The minimum Gasteiger partial charge on any atom is -0.482 e. The van der Waals surface area contributed by atoms with Gasteiger partial charge in [0.05, 0.1) is 6.04 Å². The van der Waals surface area contributed by atoms with Gasteiger partial charge in [0.1, 0.15) is 11.6 Å². The van der Waals surface area contributed by atoms with Crippen LogP contribution in [0.25, 0.3) is 0 Å².